The van der Waals surface area contributed by atoms with Crippen molar-refractivity contribution in [1.82, 2.24) is 20.3 Å². The SMILES string of the molecule is O=C(C=Cc1ccc2c(c1)CCC2N(CCc1c[nH]c2cc(Cl)ccc12)Cc1cc[nH]c1)NO. The van der Waals surface area contributed by atoms with E-state index >= 15 is 0 Å². The van der Waals surface area contributed by atoms with Crippen molar-refractivity contribution in [1.29, 1.82) is 0 Å². The molecule has 1 aliphatic carbocycles. The molecule has 0 spiro atoms. The smallest absolute Gasteiger partial charge is 0.267 e. The number of benzene rings is 2. The molecule has 2 aromatic heterocycles. The molecule has 1 atom stereocenters. The molecule has 4 N–H and O–H groups in total. The number of H-pyrrole nitrogens is 2. The van der Waals surface area contributed by atoms with Crippen LogP contribution in [0.15, 0.2) is 67.1 Å². The predicted molar refractivity (Wildman–Crippen MR) is 135 cm³/mol. The first kappa shape index (κ1) is 22.5. The molecule has 0 saturated carbocycles. The van der Waals surface area contributed by atoms with Crippen LogP contribution in [0.1, 0.15) is 40.3 Å². The number of carbonyl (C=O) groups excluding carboxylic acids is 1. The van der Waals surface area contributed by atoms with E-state index in [4.69, 9.17) is 16.8 Å². The van der Waals surface area contributed by atoms with Gasteiger partial charge in [-0.1, -0.05) is 35.9 Å². The second-order valence-electron chi connectivity index (χ2n) is 8.77. The van der Waals surface area contributed by atoms with E-state index in [9.17, 15) is 4.79 Å². The summed E-state index contributed by atoms with van der Waals surface area (Å²) in [6.07, 6.45) is 12.2. The average Bonchev–Trinajstić information content (AvgIpc) is 3.59. The monoisotopic (exact) mass is 474 g/mol. The summed E-state index contributed by atoms with van der Waals surface area (Å²) in [5.41, 5.74) is 8.89. The molecule has 0 saturated heterocycles. The van der Waals surface area contributed by atoms with Gasteiger partial charge in [0.25, 0.3) is 5.91 Å². The lowest BCUT2D eigenvalue weighted by Gasteiger charge is -2.29. The van der Waals surface area contributed by atoms with E-state index in [1.54, 1.807) is 11.6 Å². The number of hydrogen-bond donors (Lipinski definition) is 4. The summed E-state index contributed by atoms with van der Waals surface area (Å²) >= 11 is 6.16. The summed E-state index contributed by atoms with van der Waals surface area (Å²) in [7, 11) is 0. The molecular formula is C27H27ClN4O2. The molecule has 2 aromatic carbocycles. The molecule has 0 bridgehead atoms. The average molecular weight is 475 g/mol. The van der Waals surface area contributed by atoms with Crippen LogP contribution in [0.25, 0.3) is 17.0 Å². The zero-order chi connectivity index (χ0) is 23.5. The third kappa shape index (κ3) is 4.80. The van der Waals surface area contributed by atoms with Crippen LogP contribution in [0.2, 0.25) is 5.02 Å². The maximum absolute atomic E-state index is 11.3. The second kappa shape index (κ2) is 9.89. The molecule has 7 heteroatoms. The number of aromatic amines is 2. The number of carbonyl (C=O) groups is 1. The van der Waals surface area contributed by atoms with E-state index in [0.29, 0.717) is 6.04 Å². The van der Waals surface area contributed by atoms with Gasteiger partial charge >= 0.3 is 0 Å². The Bertz CT molecular complexity index is 1330. The van der Waals surface area contributed by atoms with Gasteiger partial charge in [-0.05, 0) is 71.4 Å². The molecule has 1 aliphatic rings. The quantitative estimate of drug-likeness (QED) is 0.157. The number of rotatable bonds is 8. The molecule has 1 unspecified atom stereocenters. The molecule has 2 heterocycles. The highest BCUT2D eigenvalue weighted by atomic mass is 35.5. The lowest BCUT2D eigenvalue weighted by atomic mass is 10.0. The fourth-order valence-electron chi connectivity index (χ4n) is 4.97. The van der Waals surface area contributed by atoms with Crippen molar-refractivity contribution >= 4 is 34.5 Å². The topological polar surface area (TPSA) is 84.2 Å². The summed E-state index contributed by atoms with van der Waals surface area (Å²) in [5.74, 6) is -0.532. The number of hydroxylamine groups is 1. The first-order valence-electron chi connectivity index (χ1n) is 11.5. The van der Waals surface area contributed by atoms with E-state index < -0.39 is 5.91 Å². The highest BCUT2D eigenvalue weighted by Crippen LogP contribution is 2.37. The number of amides is 1. The molecule has 6 nitrogen and oxygen atoms in total. The van der Waals surface area contributed by atoms with Crippen LogP contribution < -0.4 is 5.48 Å². The van der Waals surface area contributed by atoms with Crippen molar-refractivity contribution in [3.63, 3.8) is 0 Å². The number of nitrogens with one attached hydrogen (secondary N) is 3. The van der Waals surface area contributed by atoms with Crippen LogP contribution in [0, 0.1) is 0 Å². The van der Waals surface area contributed by atoms with Gasteiger partial charge in [0.05, 0.1) is 0 Å². The summed E-state index contributed by atoms with van der Waals surface area (Å²) in [6.45, 7) is 1.81. The van der Waals surface area contributed by atoms with E-state index in [0.717, 1.165) is 48.5 Å². The molecule has 4 aromatic rings. The minimum absolute atomic E-state index is 0.336. The number of nitrogens with zero attached hydrogens (tertiary/aromatic N) is 1. The van der Waals surface area contributed by atoms with Gasteiger partial charge in [-0.3, -0.25) is 14.9 Å². The minimum atomic E-state index is -0.532. The lowest BCUT2D eigenvalue weighted by Crippen LogP contribution is -2.29. The zero-order valence-electron chi connectivity index (χ0n) is 18.7. The van der Waals surface area contributed by atoms with Gasteiger partial charge < -0.3 is 9.97 Å². The summed E-state index contributed by atoms with van der Waals surface area (Å²) < 4.78 is 0. The lowest BCUT2D eigenvalue weighted by molar-refractivity contribution is -0.124. The maximum atomic E-state index is 11.3. The van der Waals surface area contributed by atoms with Gasteiger partial charge in [0.2, 0.25) is 0 Å². The molecule has 0 fully saturated rings. The molecule has 0 radical (unpaired) electrons. The first-order valence-corrected chi connectivity index (χ1v) is 11.8. The van der Waals surface area contributed by atoms with Gasteiger partial charge in [-0.25, -0.2) is 5.48 Å². The molecule has 34 heavy (non-hydrogen) atoms. The zero-order valence-corrected chi connectivity index (χ0v) is 19.5. The highest BCUT2D eigenvalue weighted by molar-refractivity contribution is 6.31. The van der Waals surface area contributed by atoms with Crippen LogP contribution in [-0.2, 0) is 24.2 Å². The summed E-state index contributed by atoms with van der Waals surface area (Å²) in [6, 6.07) is 14.9. The Hall–Kier alpha value is -3.32. The second-order valence-corrected chi connectivity index (χ2v) is 9.20. The van der Waals surface area contributed by atoms with E-state index in [1.807, 2.05) is 24.4 Å². The molecule has 1 amide bonds. The van der Waals surface area contributed by atoms with Crippen LogP contribution in [0.4, 0.5) is 0 Å². The van der Waals surface area contributed by atoms with Crippen LogP contribution in [0.5, 0.6) is 0 Å². The largest absolute Gasteiger partial charge is 0.367 e. The molecule has 174 valence electrons. The van der Waals surface area contributed by atoms with E-state index in [-0.39, 0.29) is 0 Å². The normalized spacial score (nSPS) is 15.4. The molecule has 5 rings (SSSR count). The Balaban J connectivity index is 1.37. The first-order chi connectivity index (χ1) is 16.6. The number of fused-ring (bicyclic) bond motifs is 2. The van der Waals surface area contributed by atoms with Crippen LogP contribution >= 0.6 is 11.6 Å². The maximum Gasteiger partial charge on any atom is 0.267 e. The molecular weight excluding hydrogens is 448 g/mol. The summed E-state index contributed by atoms with van der Waals surface area (Å²) in [5, 5.41) is 10.7. The Labute approximate surface area is 203 Å². The van der Waals surface area contributed by atoms with Gasteiger partial charge in [0, 0.05) is 59.7 Å². The number of halogens is 1. The van der Waals surface area contributed by atoms with Gasteiger partial charge in [0.15, 0.2) is 0 Å². The fourth-order valence-corrected chi connectivity index (χ4v) is 5.14. The van der Waals surface area contributed by atoms with Crippen molar-refractivity contribution in [2.24, 2.45) is 0 Å². The number of aromatic nitrogens is 2. The van der Waals surface area contributed by atoms with Crippen LogP contribution in [-0.4, -0.2) is 32.5 Å². The van der Waals surface area contributed by atoms with Crippen molar-refractivity contribution in [2.75, 3.05) is 6.54 Å². The van der Waals surface area contributed by atoms with Gasteiger partial charge in [-0.2, -0.15) is 0 Å². The predicted octanol–water partition coefficient (Wildman–Crippen LogP) is 5.40. The number of hydrogen-bond acceptors (Lipinski definition) is 3. The Morgan fingerprint density at radius 2 is 2.12 bits per heavy atom. The minimum Gasteiger partial charge on any atom is -0.367 e. The molecule has 0 aliphatic heterocycles. The van der Waals surface area contributed by atoms with Gasteiger partial charge in [-0.15, -0.1) is 0 Å². The fraction of sp³-hybridized carbons (Fsp3) is 0.222. The van der Waals surface area contributed by atoms with E-state index in [1.165, 1.54) is 33.7 Å². The third-order valence-electron chi connectivity index (χ3n) is 6.64. The number of aryl methyl sites for hydroxylation is 1. The highest BCUT2D eigenvalue weighted by Gasteiger charge is 2.28. The van der Waals surface area contributed by atoms with Crippen LogP contribution in [0.3, 0.4) is 0 Å². The Kier molecular flexibility index (Phi) is 6.54. The third-order valence-corrected chi connectivity index (χ3v) is 6.87. The standard InChI is InChI=1S/C27H27ClN4O2/c28-22-4-6-23-21(16-30-25(23)14-22)10-12-32(17-19-9-11-29-15-19)26-7-3-20-13-18(1-5-24(20)26)2-8-27(33)31-34/h1-2,4-6,8-9,11,13-16,26,29-30,34H,3,7,10,12,17H2,(H,31,33). The van der Waals surface area contributed by atoms with Gasteiger partial charge in [0.1, 0.15) is 0 Å². The van der Waals surface area contributed by atoms with Crippen molar-refractivity contribution in [3.05, 3.63) is 100.0 Å². The summed E-state index contributed by atoms with van der Waals surface area (Å²) in [4.78, 5) is 20.4. The van der Waals surface area contributed by atoms with Crippen molar-refractivity contribution in [3.8, 4) is 0 Å². The Morgan fingerprint density at radius 3 is 2.94 bits per heavy atom. The van der Waals surface area contributed by atoms with E-state index in [2.05, 4.69) is 51.5 Å². The van der Waals surface area contributed by atoms with Crippen molar-refractivity contribution in [2.45, 2.75) is 31.8 Å². The Morgan fingerprint density at radius 1 is 1.21 bits per heavy atom. The van der Waals surface area contributed by atoms with Crippen molar-refractivity contribution < 1.29 is 10.0 Å².